The SMILES string of the molecule is Cc1nn(C)cc1C(=O)Nc1nn(Cc2ccccc2Cl)cc1Br. The highest BCUT2D eigenvalue weighted by Gasteiger charge is 2.16. The zero-order chi connectivity index (χ0) is 17.3. The summed E-state index contributed by atoms with van der Waals surface area (Å²) in [5, 5.41) is 12.0. The Bertz CT molecular complexity index is 902. The van der Waals surface area contributed by atoms with Crippen molar-refractivity contribution in [2.24, 2.45) is 7.05 Å². The lowest BCUT2D eigenvalue weighted by molar-refractivity contribution is 0.102. The predicted molar refractivity (Wildman–Crippen MR) is 96.4 cm³/mol. The number of anilines is 1. The van der Waals surface area contributed by atoms with Crippen LogP contribution >= 0.6 is 27.5 Å². The van der Waals surface area contributed by atoms with E-state index in [-0.39, 0.29) is 5.91 Å². The molecule has 0 fully saturated rings. The molecule has 1 aromatic carbocycles. The quantitative estimate of drug-likeness (QED) is 0.717. The molecule has 2 heterocycles. The molecule has 1 N–H and O–H groups in total. The van der Waals surface area contributed by atoms with Gasteiger partial charge in [-0.3, -0.25) is 14.2 Å². The van der Waals surface area contributed by atoms with Crippen LogP contribution in [-0.4, -0.2) is 25.5 Å². The summed E-state index contributed by atoms with van der Waals surface area (Å²) < 4.78 is 4.02. The van der Waals surface area contributed by atoms with Crippen LogP contribution in [0.15, 0.2) is 41.1 Å². The molecule has 2 aromatic heterocycles. The van der Waals surface area contributed by atoms with Gasteiger partial charge in [-0.25, -0.2) is 0 Å². The van der Waals surface area contributed by atoms with Crippen molar-refractivity contribution in [1.29, 1.82) is 0 Å². The smallest absolute Gasteiger partial charge is 0.260 e. The highest BCUT2D eigenvalue weighted by molar-refractivity contribution is 9.10. The summed E-state index contributed by atoms with van der Waals surface area (Å²) >= 11 is 9.59. The van der Waals surface area contributed by atoms with E-state index in [1.807, 2.05) is 24.3 Å². The van der Waals surface area contributed by atoms with Crippen LogP contribution in [-0.2, 0) is 13.6 Å². The topological polar surface area (TPSA) is 64.7 Å². The van der Waals surface area contributed by atoms with Crippen LogP contribution in [0, 0.1) is 6.92 Å². The van der Waals surface area contributed by atoms with E-state index in [9.17, 15) is 4.79 Å². The number of rotatable bonds is 4. The first-order chi connectivity index (χ1) is 11.4. The zero-order valence-electron chi connectivity index (χ0n) is 13.1. The average Bonchev–Trinajstić information content (AvgIpc) is 3.04. The van der Waals surface area contributed by atoms with E-state index in [1.54, 1.807) is 35.7 Å². The molecule has 0 bridgehead atoms. The third-order valence-corrected chi connectivity index (χ3v) is 4.45. The van der Waals surface area contributed by atoms with E-state index >= 15 is 0 Å². The van der Waals surface area contributed by atoms with Crippen LogP contribution < -0.4 is 5.32 Å². The second-order valence-corrected chi connectivity index (χ2v) is 6.63. The summed E-state index contributed by atoms with van der Waals surface area (Å²) in [5.41, 5.74) is 2.14. The molecular formula is C16H15BrClN5O. The van der Waals surface area contributed by atoms with Crippen molar-refractivity contribution < 1.29 is 4.79 Å². The molecule has 8 heteroatoms. The molecule has 0 radical (unpaired) electrons. The Hall–Kier alpha value is -2.12. The maximum Gasteiger partial charge on any atom is 0.260 e. The number of carbonyl (C=O) groups is 1. The van der Waals surface area contributed by atoms with Crippen molar-refractivity contribution >= 4 is 39.3 Å². The van der Waals surface area contributed by atoms with E-state index in [1.165, 1.54) is 0 Å². The number of benzene rings is 1. The Morgan fingerprint density at radius 1 is 1.29 bits per heavy atom. The van der Waals surface area contributed by atoms with Gasteiger partial charge in [0, 0.05) is 24.5 Å². The van der Waals surface area contributed by atoms with Gasteiger partial charge in [-0.05, 0) is 34.5 Å². The molecular weight excluding hydrogens is 394 g/mol. The number of carbonyl (C=O) groups excluding carboxylic acids is 1. The van der Waals surface area contributed by atoms with E-state index in [2.05, 4.69) is 31.4 Å². The first kappa shape index (κ1) is 16.7. The molecule has 0 spiro atoms. The van der Waals surface area contributed by atoms with Gasteiger partial charge in [-0.1, -0.05) is 29.8 Å². The van der Waals surface area contributed by atoms with Crippen molar-refractivity contribution in [1.82, 2.24) is 19.6 Å². The van der Waals surface area contributed by atoms with Crippen molar-refractivity contribution in [2.45, 2.75) is 13.5 Å². The maximum absolute atomic E-state index is 12.4. The molecule has 0 unspecified atom stereocenters. The minimum Gasteiger partial charge on any atom is -0.304 e. The van der Waals surface area contributed by atoms with Crippen LogP contribution in [0.4, 0.5) is 5.82 Å². The van der Waals surface area contributed by atoms with Gasteiger partial charge in [-0.2, -0.15) is 10.2 Å². The van der Waals surface area contributed by atoms with E-state index < -0.39 is 0 Å². The van der Waals surface area contributed by atoms with Gasteiger partial charge in [0.05, 0.1) is 22.3 Å². The van der Waals surface area contributed by atoms with Gasteiger partial charge < -0.3 is 5.32 Å². The van der Waals surface area contributed by atoms with Gasteiger partial charge >= 0.3 is 0 Å². The third-order valence-electron chi connectivity index (χ3n) is 3.50. The fraction of sp³-hybridized carbons (Fsp3) is 0.188. The number of aryl methyl sites for hydroxylation is 2. The Labute approximate surface area is 152 Å². The lowest BCUT2D eigenvalue weighted by atomic mass is 10.2. The summed E-state index contributed by atoms with van der Waals surface area (Å²) in [6, 6.07) is 7.58. The lowest BCUT2D eigenvalue weighted by Gasteiger charge is -2.04. The van der Waals surface area contributed by atoms with Crippen molar-refractivity contribution in [3.63, 3.8) is 0 Å². The number of hydrogen-bond donors (Lipinski definition) is 1. The minimum absolute atomic E-state index is 0.246. The fourth-order valence-corrected chi connectivity index (χ4v) is 2.97. The summed E-state index contributed by atoms with van der Waals surface area (Å²) in [7, 11) is 1.78. The molecule has 0 aliphatic carbocycles. The molecule has 1 amide bonds. The van der Waals surface area contributed by atoms with Gasteiger partial charge in [-0.15, -0.1) is 0 Å². The van der Waals surface area contributed by atoms with Gasteiger partial charge in [0.1, 0.15) is 0 Å². The Balaban J connectivity index is 1.78. The molecule has 3 rings (SSSR count). The average molecular weight is 409 g/mol. The van der Waals surface area contributed by atoms with Crippen LogP contribution in [0.3, 0.4) is 0 Å². The Kier molecular flexibility index (Phi) is 4.73. The molecule has 24 heavy (non-hydrogen) atoms. The first-order valence-corrected chi connectivity index (χ1v) is 8.39. The number of aromatic nitrogens is 4. The normalized spacial score (nSPS) is 10.8. The molecule has 0 aliphatic rings. The highest BCUT2D eigenvalue weighted by atomic mass is 79.9. The largest absolute Gasteiger partial charge is 0.304 e. The van der Waals surface area contributed by atoms with Crippen molar-refractivity contribution in [3.05, 3.63) is 63.0 Å². The summed E-state index contributed by atoms with van der Waals surface area (Å²) in [6.07, 6.45) is 3.48. The second kappa shape index (κ2) is 6.78. The summed E-state index contributed by atoms with van der Waals surface area (Å²) in [4.78, 5) is 12.4. The number of nitrogens with zero attached hydrogens (tertiary/aromatic N) is 4. The zero-order valence-corrected chi connectivity index (χ0v) is 15.5. The predicted octanol–water partition coefficient (Wildman–Crippen LogP) is 3.64. The first-order valence-electron chi connectivity index (χ1n) is 7.22. The van der Waals surface area contributed by atoms with Crippen LogP contribution in [0.1, 0.15) is 21.6 Å². The molecule has 0 aliphatic heterocycles. The molecule has 6 nitrogen and oxygen atoms in total. The van der Waals surface area contributed by atoms with E-state index in [4.69, 9.17) is 11.6 Å². The number of hydrogen-bond acceptors (Lipinski definition) is 3. The number of halogens is 2. The van der Waals surface area contributed by atoms with E-state index in [0.29, 0.717) is 33.1 Å². The summed E-state index contributed by atoms with van der Waals surface area (Å²) in [6.45, 7) is 2.31. The lowest BCUT2D eigenvalue weighted by Crippen LogP contribution is -2.13. The van der Waals surface area contributed by atoms with Crippen molar-refractivity contribution in [3.8, 4) is 0 Å². The van der Waals surface area contributed by atoms with E-state index in [0.717, 1.165) is 5.56 Å². The van der Waals surface area contributed by atoms with Crippen LogP contribution in [0.2, 0.25) is 5.02 Å². The molecule has 0 saturated carbocycles. The number of nitrogens with one attached hydrogen (secondary N) is 1. The van der Waals surface area contributed by atoms with Crippen LogP contribution in [0.25, 0.3) is 0 Å². The summed E-state index contributed by atoms with van der Waals surface area (Å²) in [5.74, 6) is 0.208. The molecule has 3 aromatic rings. The molecule has 124 valence electrons. The fourth-order valence-electron chi connectivity index (χ4n) is 2.36. The highest BCUT2D eigenvalue weighted by Crippen LogP contribution is 2.23. The third kappa shape index (κ3) is 3.52. The molecule has 0 saturated heterocycles. The molecule has 0 atom stereocenters. The van der Waals surface area contributed by atoms with Crippen molar-refractivity contribution in [2.75, 3.05) is 5.32 Å². The maximum atomic E-state index is 12.4. The Morgan fingerprint density at radius 2 is 2.04 bits per heavy atom. The van der Waals surface area contributed by atoms with Gasteiger partial charge in [0.15, 0.2) is 5.82 Å². The second-order valence-electron chi connectivity index (χ2n) is 5.37. The minimum atomic E-state index is -0.246. The van der Waals surface area contributed by atoms with Gasteiger partial charge in [0.25, 0.3) is 5.91 Å². The number of amides is 1. The standard InChI is InChI=1S/C16H15BrClN5O/c1-10-12(8-22(2)20-10)16(24)19-15-13(17)9-23(21-15)7-11-5-3-4-6-14(11)18/h3-6,8-9H,7H2,1-2H3,(H,19,21,24). The monoisotopic (exact) mass is 407 g/mol. The Morgan fingerprint density at radius 3 is 2.71 bits per heavy atom. The van der Waals surface area contributed by atoms with Crippen LogP contribution in [0.5, 0.6) is 0 Å². The van der Waals surface area contributed by atoms with Gasteiger partial charge in [0.2, 0.25) is 0 Å².